The molecule has 1 aromatic carbocycles. The molecule has 0 saturated heterocycles. The number of nitrogens with zero attached hydrogens (tertiary/aromatic N) is 5. The van der Waals surface area contributed by atoms with Gasteiger partial charge in [-0.05, 0) is 31.0 Å². The molecule has 11 nitrogen and oxygen atoms in total. The number of hydrogen-bond acceptors (Lipinski definition) is 9. The third kappa shape index (κ3) is 7.08. The molecule has 0 atom stereocenters. The summed E-state index contributed by atoms with van der Waals surface area (Å²) in [6.07, 6.45) is 2.11. The second-order valence-electron chi connectivity index (χ2n) is 6.13. The first-order valence-corrected chi connectivity index (χ1v) is 10.4. The molecule has 12 heteroatoms. The topological polar surface area (TPSA) is 159 Å². The maximum Gasteiger partial charge on any atom is 0.287 e. The fourth-order valence-corrected chi connectivity index (χ4v) is 3.02. The van der Waals surface area contributed by atoms with E-state index >= 15 is 0 Å². The summed E-state index contributed by atoms with van der Waals surface area (Å²) in [7, 11) is -4.02. The molecule has 0 amide bonds. The number of benzene rings is 1. The third-order valence-corrected chi connectivity index (χ3v) is 4.66. The molecule has 156 valence electrons. The van der Waals surface area contributed by atoms with Crippen LogP contribution in [-0.4, -0.2) is 46.8 Å². The highest BCUT2D eigenvalue weighted by Crippen LogP contribution is 2.32. The summed E-state index contributed by atoms with van der Waals surface area (Å²) < 4.78 is 30.6. The van der Waals surface area contributed by atoms with Gasteiger partial charge in [0.25, 0.3) is 15.8 Å². The van der Waals surface area contributed by atoms with Crippen molar-refractivity contribution in [1.82, 2.24) is 4.98 Å². The number of azo groups is 1. The lowest BCUT2D eigenvalue weighted by molar-refractivity contribution is -0.385. The van der Waals surface area contributed by atoms with E-state index in [1.54, 1.807) is 12.1 Å². The largest absolute Gasteiger partial charge is 0.506 e. The Hall–Kier alpha value is -3.12. The molecule has 0 saturated carbocycles. The molecule has 0 fully saturated rings. The van der Waals surface area contributed by atoms with E-state index in [0.717, 1.165) is 12.6 Å². The second kappa shape index (κ2) is 9.89. The van der Waals surface area contributed by atoms with Crippen LogP contribution in [0.15, 0.2) is 46.8 Å². The van der Waals surface area contributed by atoms with Gasteiger partial charge in [-0.3, -0.25) is 14.7 Å². The lowest BCUT2D eigenvalue weighted by atomic mass is 10.2. The average molecular weight is 423 g/mol. The number of nitro groups is 1. The van der Waals surface area contributed by atoms with Gasteiger partial charge < -0.3 is 10.0 Å². The minimum Gasteiger partial charge on any atom is -0.506 e. The first-order chi connectivity index (χ1) is 13.7. The zero-order chi connectivity index (χ0) is 21.4. The summed E-state index contributed by atoms with van der Waals surface area (Å²) in [6.45, 7) is 2.99. The molecule has 0 aliphatic heterocycles. The Bertz CT molecular complexity index is 978. The minimum absolute atomic E-state index is 0.135. The van der Waals surface area contributed by atoms with E-state index in [9.17, 15) is 23.6 Å². The van der Waals surface area contributed by atoms with E-state index in [2.05, 4.69) is 15.2 Å². The van der Waals surface area contributed by atoms with Gasteiger partial charge in [0.2, 0.25) is 0 Å². The van der Waals surface area contributed by atoms with E-state index in [4.69, 9.17) is 4.55 Å². The number of phenolic OH excluding ortho intramolecular Hbond substituents is 1. The van der Waals surface area contributed by atoms with Crippen LogP contribution in [0.25, 0.3) is 0 Å². The van der Waals surface area contributed by atoms with Gasteiger partial charge in [0.15, 0.2) is 5.82 Å². The molecule has 0 aliphatic carbocycles. The van der Waals surface area contributed by atoms with Crippen molar-refractivity contribution < 1.29 is 23.0 Å². The number of phenols is 1. The van der Waals surface area contributed by atoms with E-state index in [1.807, 2.05) is 11.8 Å². The first-order valence-electron chi connectivity index (χ1n) is 8.75. The summed E-state index contributed by atoms with van der Waals surface area (Å²) >= 11 is 0. The fourth-order valence-electron chi connectivity index (χ4n) is 2.52. The summed E-state index contributed by atoms with van der Waals surface area (Å²) in [4.78, 5) is 15.7. The van der Waals surface area contributed by atoms with Gasteiger partial charge in [0.05, 0.1) is 10.7 Å². The van der Waals surface area contributed by atoms with Crippen LogP contribution in [0.2, 0.25) is 0 Å². The highest BCUT2D eigenvalue weighted by molar-refractivity contribution is 7.85. The predicted octanol–water partition coefficient (Wildman–Crippen LogP) is 3.61. The van der Waals surface area contributed by atoms with Crippen LogP contribution in [0.3, 0.4) is 0 Å². The number of hydrogen-bond donors (Lipinski definition) is 2. The second-order valence-corrected chi connectivity index (χ2v) is 7.70. The standard InChI is InChI=1S/C17H21N5O6S/c1-2-8-21(9-3-10-29(26,27)28)13-4-6-15(16(23)11-13)19-20-17-7-5-14(12-18-17)22(24)25/h4-7,11-12,23H,2-3,8-10H2,1H3,(H,26,27,28)/b20-19+. The molecule has 0 aliphatic rings. The van der Waals surface area contributed by atoms with Crippen molar-refractivity contribution in [3.8, 4) is 5.75 Å². The first kappa shape index (κ1) is 22.2. The molecule has 29 heavy (non-hydrogen) atoms. The highest BCUT2D eigenvalue weighted by Gasteiger charge is 2.11. The number of aromatic hydroxyl groups is 1. The van der Waals surface area contributed by atoms with E-state index in [0.29, 0.717) is 18.8 Å². The number of aromatic nitrogens is 1. The molecule has 2 rings (SSSR count). The van der Waals surface area contributed by atoms with Crippen molar-refractivity contribution in [2.45, 2.75) is 19.8 Å². The van der Waals surface area contributed by atoms with Gasteiger partial charge in [-0.2, -0.15) is 8.42 Å². The summed E-state index contributed by atoms with van der Waals surface area (Å²) in [5, 5.41) is 28.6. The molecule has 2 N–H and O–H groups in total. The molecule has 0 unspecified atom stereocenters. The lowest BCUT2D eigenvalue weighted by Gasteiger charge is -2.24. The maximum absolute atomic E-state index is 10.9. The normalized spacial score (nSPS) is 11.7. The van der Waals surface area contributed by atoms with Gasteiger partial charge in [-0.15, -0.1) is 10.2 Å². The van der Waals surface area contributed by atoms with Crippen LogP contribution in [0.4, 0.5) is 22.9 Å². The summed E-state index contributed by atoms with van der Waals surface area (Å²) in [5.41, 5.74) is 0.691. The van der Waals surface area contributed by atoms with E-state index in [-0.39, 0.29) is 35.1 Å². The number of rotatable bonds is 10. The Morgan fingerprint density at radius 1 is 1.21 bits per heavy atom. The smallest absolute Gasteiger partial charge is 0.287 e. The molecule has 0 bridgehead atoms. The molecular formula is C17H21N5O6S. The molecule has 0 radical (unpaired) electrons. The van der Waals surface area contributed by atoms with Crippen LogP contribution in [-0.2, 0) is 10.1 Å². The third-order valence-electron chi connectivity index (χ3n) is 3.85. The minimum atomic E-state index is -4.02. The fraction of sp³-hybridized carbons (Fsp3) is 0.353. The quantitative estimate of drug-likeness (QED) is 0.254. The lowest BCUT2D eigenvalue weighted by Crippen LogP contribution is -2.26. The van der Waals surface area contributed by atoms with Crippen molar-refractivity contribution in [1.29, 1.82) is 0 Å². The van der Waals surface area contributed by atoms with Crippen LogP contribution in [0.1, 0.15) is 19.8 Å². The van der Waals surface area contributed by atoms with Crippen LogP contribution in [0.5, 0.6) is 5.75 Å². The van der Waals surface area contributed by atoms with Gasteiger partial charge in [0, 0.05) is 30.9 Å². The molecule has 2 aromatic rings. The van der Waals surface area contributed by atoms with E-state index < -0.39 is 15.0 Å². The van der Waals surface area contributed by atoms with Crippen molar-refractivity contribution in [3.05, 3.63) is 46.6 Å². The highest BCUT2D eigenvalue weighted by atomic mass is 32.2. The van der Waals surface area contributed by atoms with Crippen molar-refractivity contribution in [3.63, 3.8) is 0 Å². The van der Waals surface area contributed by atoms with Gasteiger partial charge >= 0.3 is 0 Å². The molecule has 1 heterocycles. The number of anilines is 1. The monoisotopic (exact) mass is 423 g/mol. The molecule has 1 aromatic heterocycles. The molecular weight excluding hydrogens is 402 g/mol. The zero-order valence-electron chi connectivity index (χ0n) is 15.7. The maximum atomic E-state index is 10.9. The van der Waals surface area contributed by atoms with Gasteiger partial charge in [-0.1, -0.05) is 6.92 Å². The van der Waals surface area contributed by atoms with Gasteiger partial charge in [-0.25, -0.2) is 4.98 Å². The summed E-state index contributed by atoms with van der Waals surface area (Å²) in [5.74, 6) is -0.325. The van der Waals surface area contributed by atoms with Crippen LogP contribution >= 0.6 is 0 Å². The zero-order valence-corrected chi connectivity index (χ0v) is 16.5. The Balaban J connectivity index is 2.11. The van der Waals surface area contributed by atoms with Crippen molar-refractivity contribution >= 4 is 33.0 Å². The van der Waals surface area contributed by atoms with Crippen LogP contribution in [0, 0.1) is 10.1 Å². The Labute approximate surface area is 167 Å². The average Bonchev–Trinajstić information content (AvgIpc) is 2.65. The van der Waals surface area contributed by atoms with Gasteiger partial charge in [0.1, 0.15) is 17.6 Å². The van der Waals surface area contributed by atoms with Crippen molar-refractivity contribution in [2.24, 2.45) is 10.2 Å². The number of pyridine rings is 1. The predicted molar refractivity (Wildman–Crippen MR) is 107 cm³/mol. The van der Waals surface area contributed by atoms with Crippen molar-refractivity contribution in [2.75, 3.05) is 23.7 Å². The SMILES string of the molecule is CCCN(CCCS(=O)(=O)O)c1ccc(/N=N/c2ccc([N+](=O)[O-])cn2)c(O)c1. The Morgan fingerprint density at radius 3 is 2.52 bits per heavy atom. The Kier molecular flexibility index (Phi) is 7.56. The summed E-state index contributed by atoms with van der Waals surface area (Å²) in [6, 6.07) is 7.33. The Morgan fingerprint density at radius 2 is 1.97 bits per heavy atom. The van der Waals surface area contributed by atoms with E-state index in [1.165, 1.54) is 18.2 Å². The van der Waals surface area contributed by atoms with Crippen LogP contribution < -0.4 is 4.90 Å². The molecule has 0 spiro atoms.